The molecule has 0 fully saturated rings. The molecule has 0 bridgehead atoms. The van der Waals surface area contributed by atoms with Crippen LogP contribution >= 0.6 is 0 Å². The van der Waals surface area contributed by atoms with Gasteiger partial charge in [-0.15, -0.1) is 0 Å². The first-order valence-corrected chi connectivity index (χ1v) is 35.9. The first kappa shape index (κ1) is 78.8. The number of hydrogen-bond acceptors (Lipinski definition) is 6. The van der Waals surface area contributed by atoms with Gasteiger partial charge in [0.2, 0.25) is 0 Å². The molecular weight excluding hydrogens is 1010 g/mol. The van der Waals surface area contributed by atoms with Crippen LogP contribution in [0.4, 0.5) is 0 Å². The summed E-state index contributed by atoms with van der Waals surface area (Å²) in [5.41, 5.74) is 0. The number of ether oxygens (including phenoxy) is 3. The fourth-order valence-electron chi connectivity index (χ4n) is 10.5. The second-order valence-corrected chi connectivity index (χ2v) is 24.1. The van der Waals surface area contributed by atoms with Gasteiger partial charge in [-0.2, -0.15) is 0 Å². The molecule has 0 saturated carbocycles. The summed E-state index contributed by atoms with van der Waals surface area (Å²) < 4.78 is 16.9. The van der Waals surface area contributed by atoms with E-state index in [0.29, 0.717) is 19.3 Å². The van der Waals surface area contributed by atoms with E-state index in [1.807, 2.05) is 0 Å². The average molecular weight is 1150 g/mol. The van der Waals surface area contributed by atoms with Crippen molar-refractivity contribution in [2.75, 3.05) is 13.2 Å². The van der Waals surface area contributed by atoms with Crippen LogP contribution in [-0.4, -0.2) is 37.2 Å². The van der Waals surface area contributed by atoms with E-state index in [4.69, 9.17) is 14.2 Å². The molecule has 0 aliphatic carbocycles. The lowest BCUT2D eigenvalue weighted by Crippen LogP contribution is -2.30. The van der Waals surface area contributed by atoms with Gasteiger partial charge in [0, 0.05) is 19.3 Å². The Morgan fingerprint density at radius 2 is 0.439 bits per heavy atom. The van der Waals surface area contributed by atoms with E-state index in [0.717, 1.165) is 83.5 Å². The lowest BCUT2D eigenvalue weighted by molar-refractivity contribution is -0.167. The molecular formula is C76H136O6. The maximum absolute atomic E-state index is 12.9. The predicted octanol–water partition coefficient (Wildman–Crippen LogP) is 24.8. The summed E-state index contributed by atoms with van der Waals surface area (Å²) in [6.45, 7) is 6.63. The Bertz CT molecular complexity index is 1500. The van der Waals surface area contributed by atoms with Gasteiger partial charge in [-0.3, -0.25) is 14.4 Å². The number of allylic oxidation sites excluding steroid dienone is 12. The molecule has 0 rings (SSSR count). The summed E-state index contributed by atoms with van der Waals surface area (Å²) in [7, 11) is 0. The highest BCUT2D eigenvalue weighted by Gasteiger charge is 2.19. The number of carbonyl (C=O) groups excluding carboxylic acids is 3. The van der Waals surface area contributed by atoms with Crippen molar-refractivity contribution < 1.29 is 28.6 Å². The molecule has 0 heterocycles. The van der Waals surface area contributed by atoms with Crippen molar-refractivity contribution in [1.29, 1.82) is 0 Å². The molecule has 0 amide bonds. The number of carbonyl (C=O) groups is 3. The number of unbranched alkanes of at least 4 members (excludes halogenated alkanes) is 43. The fraction of sp³-hybridized carbons (Fsp3) is 0.803. The van der Waals surface area contributed by atoms with Crippen LogP contribution in [0.2, 0.25) is 0 Å². The van der Waals surface area contributed by atoms with E-state index >= 15 is 0 Å². The van der Waals surface area contributed by atoms with E-state index < -0.39 is 6.10 Å². The summed E-state index contributed by atoms with van der Waals surface area (Å²) in [4.78, 5) is 38.3. The molecule has 82 heavy (non-hydrogen) atoms. The van der Waals surface area contributed by atoms with Crippen LogP contribution in [0.25, 0.3) is 0 Å². The smallest absolute Gasteiger partial charge is 0.306 e. The topological polar surface area (TPSA) is 78.9 Å². The molecule has 1 atom stereocenters. The number of esters is 3. The van der Waals surface area contributed by atoms with Gasteiger partial charge in [-0.05, 0) is 96.3 Å². The van der Waals surface area contributed by atoms with E-state index in [1.54, 1.807) is 0 Å². The molecule has 1 unspecified atom stereocenters. The molecule has 0 radical (unpaired) electrons. The Balaban J connectivity index is 4.10. The molecule has 6 nitrogen and oxygen atoms in total. The van der Waals surface area contributed by atoms with Crippen molar-refractivity contribution in [2.24, 2.45) is 0 Å². The lowest BCUT2D eigenvalue weighted by atomic mass is 10.0. The van der Waals surface area contributed by atoms with Crippen molar-refractivity contribution in [2.45, 2.75) is 380 Å². The van der Waals surface area contributed by atoms with E-state index in [9.17, 15) is 14.4 Å². The first-order valence-electron chi connectivity index (χ1n) is 35.9. The van der Waals surface area contributed by atoms with E-state index in [2.05, 4.69) is 93.7 Å². The van der Waals surface area contributed by atoms with Crippen molar-refractivity contribution in [3.8, 4) is 0 Å². The maximum Gasteiger partial charge on any atom is 0.306 e. The van der Waals surface area contributed by atoms with Crippen molar-refractivity contribution in [3.63, 3.8) is 0 Å². The van der Waals surface area contributed by atoms with Crippen LogP contribution in [-0.2, 0) is 28.6 Å². The third kappa shape index (κ3) is 67.6. The van der Waals surface area contributed by atoms with Crippen LogP contribution in [0.1, 0.15) is 374 Å². The monoisotopic (exact) mass is 1150 g/mol. The van der Waals surface area contributed by atoms with Gasteiger partial charge < -0.3 is 14.2 Å². The Kier molecular flexibility index (Phi) is 67.6. The van der Waals surface area contributed by atoms with Crippen molar-refractivity contribution >= 4 is 17.9 Å². The van der Waals surface area contributed by atoms with Crippen molar-refractivity contribution in [1.82, 2.24) is 0 Å². The van der Waals surface area contributed by atoms with Crippen molar-refractivity contribution in [3.05, 3.63) is 72.9 Å². The summed E-state index contributed by atoms with van der Waals surface area (Å²) in [6.07, 6.45) is 92.4. The van der Waals surface area contributed by atoms with Crippen LogP contribution < -0.4 is 0 Å². The quantitative estimate of drug-likeness (QED) is 0.0261. The molecule has 0 saturated heterocycles. The highest BCUT2D eigenvalue weighted by Crippen LogP contribution is 2.18. The van der Waals surface area contributed by atoms with Gasteiger partial charge in [0.1, 0.15) is 13.2 Å². The van der Waals surface area contributed by atoms with E-state index in [-0.39, 0.29) is 31.1 Å². The molecule has 0 aliphatic heterocycles. The molecule has 0 aromatic rings. The zero-order chi connectivity index (χ0) is 59.2. The lowest BCUT2D eigenvalue weighted by Gasteiger charge is -2.18. The highest BCUT2D eigenvalue weighted by atomic mass is 16.6. The van der Waals surface area contributed by atoms with Crippen LogP contribution in [0.5, 0.6) is 0 Å². The summed E-state index contributed by atoms with van der Waals surface area (Å²) >= 11 is 0. The average Bonchev–Trinajstić information content (AvgIpc) is 3.47. The molecule has 0 spiro atoms. The molecule has 0 aliphatic rings. The van der Waals surface area contributed by atoms with Gasteiger partial charge in [0.15, 0.2) is 6.10 Å². The second-order valence-electron chi connectivity index (χ2n) is 24.1. The standard InChI is InChI=1S/C76H136O6/c1-4-7-10-13-16-19-21-23-25-27-29-31-33-35-37-38-40-41-43-45-47-49-51-53-55-57-60-63-66-69-75(78)81-72-73(71-80-74(77)68-65-62-59-18-15-12-9-6-3)82-76(79)70-67-64-61-58-56-54-52-50-48-46-44-42-39-36-34-32-30-28-26-24-22-20-17-14-11-8-5-2/h21-24,27-30,33-36,73H,4-20,25-26,31-32,37-72H2,1-3H3/b23-21-,24-22-,29-27-,30-28-,35-33-,36-34-. The number of hydrogen-bond donors (Lipinski definition) is 0. The van der Waals surface area contributed by atoms with Crippen LogP contribution in [0.15, 0.2) is 72.9 Å². The Hall–Kier alpha value is -3.15. The predicted molar refractivity (Wildman–Crippen MR) is 358 cm³/mol. The summed E-state index contributed by atoms with van der Waals surface area (Å²) in [5, 5.41) is 0. The van der Waals surface area contributed by atoms with Gasteiger partial charge in [-0.25, -0.2) is 0 Å². The SMILES string of the molecule is CCCCCCC/C=C\C/C=C\C/C=C\CCCCCCCCCCCCCCCCC(=O)OCC(COC(=O)CCCCCCCCCC)OC(=O)CCCCCCCCCCCCCC/C=C\C/C=C\C/C=C\CCCCCCC. The normalized spacial score (nSPS) is 12.5. The van der Waals surface area contributed by atoms with Gasteiger partial charge >= 0.3 is 17.9 Å². The molecule has 0 aromatic carbocycles. The van der Waals surface area contributed by atoms with E-state index in [1.165, 1.54) is 250 Å². The number of rotatable bonds is 66. The van der Waals surface area contributed by atoms with Crippen LogP contribution in [0, 0.1) is 0 Å². The van der Waals surface area contributed by atoms with Gasteiger partial charge in [-0.1, -0.05) is 331 Å². The second kappa shape index (κ2) is 70.3. The fourth-order valence-corrected chi connectivity index (χ4v) is 10.5. The van der Waals surface area contributed by atoms with Crippen LogP contribution in [0.3, 0.4) is 0 Å². The minimum absolute atomic E-state index is 0.0724. The zero-order valence-electron chi connectivity index (χ0n) is 54.8. The molecule has 0 N–H and O–H groups in total. The highest BCUT2D eigenvalue weighted by molar-refractivity contribution is 5.71. The maximum atomic E-state index is 12.9. The minimum atomic E-state index is -0.774. The minimum Gasteiger partial charge on any atom is -0.462 e. The Morgan fingerprint density at radius 3 is 0.683 bits per heavy atom. The molecule has 476 valence electrons. The largest absolute Gasteiger partial charge is 0.462 e. The molecule has 6 heteroatoms. The third-order valence-corrected chi connectivity index (χ3v) is 15.9. The van der Waals surface area contributed by atoms with Gasteiger partial charge in [0.25, 0.3) is 0 Å². The zero-order valence-corrected chi connectivity index (χ0v) is 54.8. The summed E-state index contributed by atoms with van der Waals surface area (Å²) in [6, 6.07) is 0. The van der Waals surface area contributed by atoms with Gasteiger partial charge in [0.05, 0.1) is 0 Å². The third-order valence-electron chi connectivity index (χ3n) is 15.9. The molecule has 0 aromatic heterocycles. The Morgan fingerprint density at radius 1 is 0.244 bits per heavy atom. The summed E-state index contributed by atoms with van der Waals surface area (Å²) in [5.74, 6) is -0.860. The first-order chi connectivity index (χ1) is 40.5. The Labute approximate surface area is 510 Å².